The predicted octanol–water partition coefficient (Wildman–Crippen LogP) is 3.31. The Balaban J connectivity index is 2.08. The highest BCUT2D eigenvalue weighted by Crippen LogP contribution is 2.32. The fourth-order valence-electron chi connectivity index (χ4n) is 2.26. The van der Waals surface area contributed by atoms with Crippen LogP contribution in [0.5, 0.6) is 5.75 Å². The maximum absolute atomic E-state index is 9.93. The van der Waals surface area contributed by atoms with E-state index >= 15 is 0 Å². The minimum Gasteiger partial charge on any atom is -0.506 e. The van der Waals surface area contributed by atoms with Gasteiger partial charge in [-0.3, -0.25) is 4.90 Å². The first kappa shape index (κ1) is 13.9. The van der Waals surface area contributed by atoms with Crippen molar-refractivity contribution in [2.24, 2.45) is 0 Å². The first-order chi connectivity index (χ1) is 8.58. The summed E-state index contributed by atoms with van der Waals surface area (Å²) in [5.41, 5.74) is 0.765. The molecule has 0 aliphatic carbocycles. The van der Waals surface area contributed by atoms with Crippen LogP contribution >= 0.6 is 23.2 Å². The van der Waals surface area contributed by atoms with Crippen molar-refractivity contribution in [2.45, 2.75) is 25.4 Å². The van der Waals surface area contributed by atoms with E-state index in [1.807, 2.05) is 7.05 Å². The first-order valence-electron chi connectivity index (χ1n) is 6.03. The Morgan fingerprint density at radius 2 is 2.00 bits per heavy atom. The molecule has 1 aliphatic rings. The Hall–Kier alpha value is -0.480. The second-order valence-electron chi connectivity index (χ2n) is 4.65. The summed E-state index contributed by atoms with van der Waals surface area (Å²) in [6.07, 6.45) is 2.04. The molecule has 1 aromatic carbocycles. The van der Waals surface area contributed by atoms with Crippen LogP contribution in [-0.4, -0.2) is 36.3 Å². The second kappa shape index (κ2) is 6.11. The molecule has 1 aromatic rings. The highest BCUT2D eigenvalue weighted by Gasteiger charge is 2.20. The van der Waals surface area contributed by atoms with Gasteiger partial charge in [0.15, 0.2) is 0 Å². The fourth-order valence-corrected chi connectivity index (χ4v) is 2.80. The zero-order valence-electron chi connectivity index (χ0n) is 10.3. The number of hydrogen-bond acceptors (Lipinski definition) is 3. The summed E-state index contributed by atoms with van der Waals surface area (Å²) in [5.74, 6) is 0.125. The molecular formula is C13H17Cl2NO2. The zero-order valence-corrected chi connectivity index (χ0v) is 11.8. The van der Waals surface area contributed by atoms with Gasteiger partial charge in [0.1, 0.15) is 5.75 Å². The first-order valence-corrected chi connectivity index (χ1v) is 6.78. The third kappa shape index (κ3) is 3.29. The van der Waals surface area contributed by atoms with E-state index in [1.165, 1.54) is 0 Å². The number of aromatic hydroxyl groups is 1. The van der Waals surface area contributed by atoms with Gasteiger partial charge in [-0.1, -0.05) is 23.2 Å². The second-order valence-corrected chi connectivity index (χ2v) is 5.50. The maximum Gasteiger partial charge on any atom is 0.138 e. The van der Waals surface area contributed by atoms with Gasteiger partial charge < -0.3 is 9.84 Å². The average Bonchev–Trinajstić information content (AvgIpc) is 2.36. The molecule has 0 bridgehead atoms. The molecule has 1 saturated heterocycles. The van der Waals surface area contributed by atoms with Gasteiger partial charge in [-0.15, -0.1) is 0 Å². The molecule has 3 nitrogen and oxygen atoms in total. The monoisotopic (exact) mass is 289 g/mol. The molecular weight excluding hydrogens is 273 g/mol. The standard InChI is InChI=1S/C13H17Cl2NO2/c1-16(11-2-4-18-5-3-11)8-9-6-10(14)7-12(15)13(9)17/h6-7,11,17H,2-5,8H2,1H3. The minimum atomic E-state index is 0.125. The van der Waals surface area contributed by atoms with Crippen LogP contribution in [0, 0.1) is 0 Å². The van der Waals surface area contributed by atoms with Gasteiger partial charge in [0, 0.05) is 36.4 Å². The SMILES string of the molecule is CN(Cc1cc(Cl)cc(Cl)c1O)C1CCOCC1. The molecule has 0 aromatic heterocycles. The van der Waals surface area contributed by atoms with Crippen LogP contribution in [-0.2, 0) is 11.3 Å². The van der Waals surface area contributed by atoms with Gasteiger partial charge in [0.05, 0.1) is 5.02 Å². The summed E-state index contributed by atoms with van der Waals surface area (Å²) >= 11 is 11.9. The quantitative estimate of drug-likeness (QED) is 0.927. The lowest BCUT2D eigenvalue weighted by Crippen LogP contribution is -2.36. The molecule has 100 valence electrons. The Bertz CT molecular complexity index is 420. The molecule has 18 heavy (non-hydrogen) atoms. The van der Waals surface area contributed by atoms with E-state index in [4.69, 9.17) is 27.9 Å². The van der Waals surface area contributed by atoms with Crippen LogP contribution in [0.1, 0.15) is 18.4 Å². The van der Waals surface area contributed by atoms with Crippen molar-refractivity contribution in [2.75, 3.05) is 20.3 Å². The number of benzene rings is 1. The predicted molar refractivity (Wildman–Crippen MR) is 73.4 cm³/mol. The van der Waals surface area contributed by atoms with Gasteiger partial charge in [-0.2, -0.15) is 0 Å². The van der Waals surface area contributed by atoms with Crippen LogP contribution in [0.3, 0.4) is 0 Å². The number of phenolic OH excluding ortho intramolecular Hbond substituents is 1. The highest BCUT2D eigenvalue weighted by molar-refractivity contribution is 6.35. The molecule has 0 spiro atoms. The zero-order chi connectivity index (χ0) is 13.1. The molecule has 0 radical (unpaired) electrons. The molecule has 1 aliphatic heterocycles. The highest BCUT2D eigenvalue weighted by atomic mass is 35.5. The van der Waals surface area contributed by atoms with Crippen LogP contribution < -0.4 is 0 Å². The minimum absolute atomic E-state index is 0.125. The molecule has 0 unspecified atom stereocenters. The van der Waals surface area contributed by atoms with E-state index in [2.05, 4.69) is 4.90 Å². The summed E-state index contributed by atoms with van der Waals surface area (Å²) in [5, 5.41) is 10.8. The van der Waals surface area contributed by atoms with Gasteiger partial charge in [0.25, 0.3) is 0 Å². The van der Waals surface area contributed by atoms with Crippen LogP contribution in [0.2, 0.25) is 10.0 Å². The van der Waals surface area contributed by atoms with Crippen LogP contribution in [0.15, 0.2) is 12.1 Å². The summed E-state index contributed by atoms with van der Waals surface area (Å²) < 4.78 is 5.34. The van der Waals surface area contributed by atoms with Crippen LogP contribution in [0.4, 0.5) is 0 Å². The fraction of sp³-hybridized carbons (Fsp3) is 0.538. The van der Waals surface area contributed by atoms with Gasteiger partial charge in [-0.05, 0) is 32.0 Å². The summed E-state index contributed by atoms with van der Waals surface area (Å²) in [6, 6.07) is 3.80. The van der Waals surface area contributed by atoms with Crippen molar-refractivity contribution >= 4 is 23.2 Å². The van der Waals surface area contributed by atoms with E-state index in [0.717, 1.165) is 31.6 Å². The van der Waals surface area contributed by atoms with E-state index in [-0.39, 0.29) is 5.75 Å². The summed E-state index contributed by atoms with van der Waals surface area (Å²) in [7, 11) is 2.05. The molecule has 0 saturated carbocycles. The normalized spacial score (nSPS) is 17.3. The number of phenols is 1. The van der Waals surface area contributed by atoms with Gasteiger partial charge in [-0.25, -0.2) is 0 Å². The van der Waals surface area contributed by atoms with Crippen LogP contribution in [0.25, 0.3) is 0 Å². The lowest BCUT2D eigenvalue weighted by atomic mass is 10.1. The van der Waals surface area contributed by atoms with Crippen molar-refractivity contribution in [3.05, 3.63) is 27.7 Å². The molecule has 1 N–H and O–H groups in total. The summed E-state index contributed by atoms with van der Waals surface area (Å²) in [6.45, 7) is 2.24. The number of nitrogens with zero attached hydrogens (tertiary/aromatic N) is 1. The molecule has 0 atom stereocenters. The van der Waals surface area contributed by atoms with Crippen molar-refractivity contribution in [1.82, 2.24) is 4.90 Å². The van der Waals surface area contributed by atoms with Gasteiger partial charge >= 0.3 is 0 Å². The van der Waals surface area contributed by atoms with Gasteiger partial charge in [0.2, 0.25) is 0 Å². The van der Waals surface area contributed by atoms with E-state index < -0.39 is 0 Å². The number of ether oxygens (including phenoxy) is 1. The Morgan fingerprint density at radius 3 is 2.67 bits per heavy atom. The largest absolute Gasteiger partial charge is 0.506 e. The smallest absolute Gasteiger partial charge is 0.138 e. The van der Waals surface area contributed by atoms with Crippen molar-refractivity contribution in [1.29, 1.82) is 0 Å². The molecule has 0 amide bonds. The van der Waals surface area contributed by atoms with Crippen molar-refractivity contribution < 1.29 is 9.84 Å². The van der Waals surface area contributed by atoms with E-state index in [9.17, 15) is 5.11 Å². The number of halogens is 2. The third-order valence-electron chi connectivity index (χ3n) is 3.34. The molecule has 1 heterocycles. The lowest BCUT2D eigenvalue weighted by Gasteiger charge is -2.31. The van der Waals surface area contributed by atoms with Crippen molar-refractivity contribution in [3.8, 4) is 5.75 Å². The topological polar surface area (TPSA) is 32.7 Å². The number of rotatable bonds is 3. The van der Waals surface area contributed by atoms with Crippen molar-refractivity contribution in [3.63, 3.8) is 0 Å². The molecule has 1 fully saturated rings. The average molecular weight is 290 g/mol. The van der Waals surface area contributed by atoms with E-state index in [1.54, 1.807) is 12.1 Å². The Kier molecular flexibility index (Phi) is 4.73. The molecule has 5 heteroatoms. The van der Waals surface area contributed by atoms with E-state index in [0.29, 0.717) is 22.6 Å². The Morgan fingerprint density at radius 1 is 1.33 bits per heavy atom. The third-order valence-corrected chi connectivity index (χ3v) is 3.85. The Labute approximate surface area is 117 Å². The summed E-state index contributed by atoms with van der Waals surface area (Å²) in [4.78, 5) is 2.21. The number of hydrogen-bond donors (Lipinski definition) is 1. The molecule has 2 rings (SSSR count). The maximum atomic E-state index is 9.93. The lowest BCUT2D eigenvalue weighted by molar-refractivity contribution is 0.0405.